The Morgan fingerprint density at radius 1 is 1.58 bits per heavy atom. The van der Waals surface area contributed by atoms with Gasteiger partial charge in [-0.15, -0.1) is 0 Å². The molecule has 0 aliphatic carbocycles. The van der Waals surface area contributed by atoms with E-state index in [4.69, 9.17) is 15.7 Å². The minimum absolute atomic E-state index is 0.0172. The molecule has 1 aliphatic rings. The van der Waals surface area contributed by atoms with Gasteiger partial charge >= 0.3 is 0 Å². The number of morpholine rings is 1. The number of benzene rings is 1. The van der Waals surface area contributed by atoms with Crippen molar-refractivity contribution in [3.8, 4) is 6.07 Å². The number of nitriles is 1. The van der Waals surface area contributed by atoms with Gasteiger partial charge in [0.1, 0.15) is 11.9 Å². The minimum atomic E-state index is -0.490. The molecule has 0 saturated carbocycles. The Labute approximate surface area is 112 Å². The van der Waals surface area contributed by atoms with E-state index >= 15 is 0 Å². The van der Waals surface area contributed by atoms with Crippen molar-refractivity contribution in [2.24, 2.45) is 5.73 Å². The Kier molecular flexibility index (Phi) is 4.48. The van der Waals surface area contributed by atoms with E-state index in [0.29, 0.717) is 13.2 Å². The molecule has 1 aromatic carbocycles. The lowest BCUT2D eigenvalue weighted by atomic mass is 9.96. The Hall–Kier alpha value is -1.48. The lowest BCUT2D eigenvalue weighted by molar-refractivity contribution is -0.0658. The fourth-order valence-corrected chi connectivity index (χ4v) is 2.58. The third-order valence-electron chi connectivity index (χ3n) is 3.55. The monoisotopic (exact) mass is 263 g/mol. The van der Waals surface area contributed by atoms with Crippen LogP contribution in [-0.2, 0) is 4.74 Å². The summed E-state index contributed by atoms with van der Waals surface area (Å²) in [4.78, 5) is 2.25. The van der Waals surface area contributed by atoms with Crippen LogP contribution in [0.3, 0.4) is 0 Å². The van der Waals surface area contributed by atoms with Gasteiger partial charge in [0.05, 0.1) is 24.3 Å². The second-order valence-corrected chi connectivity index (χ2v) is 4.57. The maximum Gasteiger partial charge on any atom is 0.140 e. The number of hydrogen-bond acceptors (Lipinski definition) is 4. The Morgan fingerprint density at radius 2 is 2.37 bits per heavy atom. The van der Waals surface area contributed by atoms with Crippen molar-refractivity contribution in [1.29, 1.82) is 5.26 Å². The number of rotatable bonds is 3. The molecule has 2 N–H and O–H groups in total. The summed E-state index contributed by atoms with van der Waals surface area (Å²) in [6.45, 7) is 4.81. The summed E-state index contributed by atoms with van der Waals surface area (Å²) in [7, 11) is 0. The summed E-state index contributed by atoms with van der Waals surface area (Å²) >= 11 is 0. The quantitative estimate of drug-likeness (QED) is 0.896. The molecule has 1 aromatic rings. The highest BCUT2D eigenvalue weighted by Gasteiger charge is 2.32. The molecule has 1 fully saturated rings. The molecule has 5 heteroatoms. The molecule has 0 spiro atoms. The zero-order chi connectivity index (χ0) is 13.8. The van der Waals surface area contributed by atoms with E-state index in [0.717, 1.165) is 18.7 Å². The number of halogens is 1. The van der Waals surface area contributed by atoms with Gasteiger partial charge in [-0.1, -0.05) is 13.0 Å². The van der Waals surface area contributed by atoms with Crippen molar-refractivity contribution < 1.29 is 9.13 Å². The van der Waals surface area contributed by atoms with E-state index in [1.165, 1.54) is 6.07 Å². The molecule has 2 atom stereocenters. The standard InChI is InChI=1S/C14H18FN3O/c1-2-18-5-6-19-13(9-17)14(18)10-3-4-12(15)11(7-10)8-16/h3-4,7,13-14H,2,5-6,9,17H2,1H3. The zero-order valence-electron chi connectivity index (χ0n) is 11.0. The second kappa shape index (κ2) is 6.11. The highest BCUT2D eigenvalue weighted by atomic mass is 19.1. The van der Waals surface area contributed by atoms with E-state index < -0.39 is 5.82 Å². The maximum atomic E-state index is 13.4. The normalized spacial score (nSPS) is 24.1. The first-order valence-electron chi connectivity index (χ1n) is 6.46. The van der Waals surface area contributed by atoms with Crippen LogP contribution in [0.25, 0.3) is 0 Å². The Bertz CT molecular complexity index is 474. The predicted molar refractivity (Wildman–Crippen MR) is 69.9 cm³/mol. The summed E-state index contributed by atoms with van der Waals surface area (Å²) in [5.74, 6) is -0.490. The Balaban J connectivity index is 2.38. The predicted octanol–water partition coefficient (Wildman–Crippen LogP) is 1.42. The average molecular weight is 263 g/mol. The van der Waals surface area contributed by atoms with Crippen LogP contribution in [0.1, 0.15) is 24.1 Å². The van der Waals surface area contributed by atoms with Gasteiger partial charge in [-0.25, -0.2) is 4.39 Å². The third-order valence-corrected chi connectivity index (χ3v) is 3.55. The maximum absolute atomic E-state index is 13.4. The number of nitrogens with two attached hydrogens (primary N) is 1. The Morgan fingerprint density at radius 3 is 3.00 bits per heavy atom. The van der Waals surface area contributed by atoms with Gasteiger partial charge in [-0.2, -0.15) is 5.26 Å². The first-order valence-corrected chi connectivity index (χ1v) is 6.46. The van der Waals surface area contributed by atoms with Crippen LogP contribution in [0.2, 0.25) is 0 Å². The van der Waals surface area contributed by atoms with Gasteiger partial charge in [-0.3, -0.25) is 4.90 Å². The fourth-order valence-electron chi connectivity index (χ4n) is 2.58. The van der Waals surface area contributed by atoms with Crippen molar-refractivity contribution >= 4 is 0 Å². The molecule has 19 heavy (non-hydrogen) atoms. The lowest BCUT2D eigenvalue weighted by Gasteiger charge is -2.40. The topological polar surface area (TPSA) is 62.3 Å². The van der Waals surface area contributed by atoms with E-state index in [2.05, 4.69) is 11.8 Å². The zero-order valence-corrected chi connectivity index (χ0v) is 11.0. The molecule has 2 unspecified atom stereocenters. The number of likely N-dealkylation sites (N-methyl/N-ethyl adjacent to an activating group) is 1. The molecule has 4 nitrogen and oxygen atoms in total. The first-order chi connectivity index (χ1) is 9.21. The summed E-state index contributed by atoms with van der Waals surface area (Å²) in [5, 5.41) is 8.93. The minimum Gasteiger partial charge on any atom is -0.374 e. The van der Waals surface area contributed by atoms with Gasteiger partial charge in [0.25, 0.3) is 0 Å². The van der Waals surface area contributed by atoms with E-state index in [1.807, 2.05) is 6.07 Å². The van der Waals surface area contributed by atoms with Crippen LogP contribution in [-0.4, -0.2) is 37.2 Å². The highest BCUT2D eigenvalue weighted by Crippen LogP contribution is 2.29. The number of nitrogens with zero attached hydrogens (tertiary/aromatic N) is 2. The third kappa shape index (κ3) is 2.76. The molecular weight excluding hydrogens is 245 g/mol. The SMILES string of the molecule is CCN1CCOC(CN)C1c1ccc(F)c(C#N)c1. The van der Waals surface area contributed by atoms with Crippen molar-refractivity contribution in [3.63, 3.8) is 0 Å². The van der Waals surface area contributed by atoms with E-state index in [1.54, 1.807) is 12.1 Å². The fraction of sp³-hybridized carbons (Fsp3) is 0.500. The van der Waals surface area contributed by atoms with Crippen molar-refractivity contribution in [3.05, 3.63) is 35.1 Å². The van der Waals surface area contributed by atoms with Crippen LogP contribution in [0.15, 0.2) is 18.2 Å². The lowest BCUT2D eigenvalue weighted by Crippen LogP contribution is -2.48. The highest BCUT2D eigenvalue weighted by molar-refractivity contribution is 5.36. The molecule has 1 aliphatic heterocycles. The first kappa shape index (κ1) is 13.9. The van der Waals surface area contributed by atoms with Gasteiger partial charge in [0, 0.05) is 13.1 Å². The van der Waals surface area contributed by atoms with Crippen LogP contribution < -0.4 is 5.73 Å². The molecule has 0 radical (unpaired) electrons. The van der Waals surface area contributed by atoms with Crippen molar-refractivity contribution in [2.75, 3.05) is 26.2 Å². The van der Waals surface area contributed by atoms with Gasteiger partial charge in [-0.05, 0) is 24.2 Å². The number of ether oxygens (including phenoxy) is 1. The molecule has 0 aromatic heterocycles. The molecule has 1 saturated heterocycles. The van der Waals surface area contributed by atoms with Crippen LogP contribution in [0.4, 0.5) is 4.39 Å². The molecule has 102 valence electrons. The largest absolute Gasteiger partial charge is 0.374 e. The van der Waals surface area contributed by atoms with Crippen LogP contribution >= 0.6 is 0 Å². The number of hydrogen-bond donors (Lipinski definition) is 1. The van der Waals surface area contributed by atoms with Gasteiger partial charge in [0.15, 0.2) is 0 Å². The summed E-state index contributed by atoms with van der Waals surface area (Å²) < 4.78 is 19.1. The van der Waals surface area contributed by atoms with Gasteiger partial charge < -0.3 is 10.5 Å². The van der Waals surface area contributed by atoms with Crippen LogP contribution in [0.5, 0.6) is 0 Å². The summed E-state index contributed by atoms with van der Waals surface area (Å²) in [6.07, 6.45) is -0.120. The smallest absolute Gasteiger partial charge is 0.140 e. The van der Waals surface area contributed by atoms with Gasteiger partial charge in [0.2, 0.25) is 0 Å². The summed E-state index contributed by atoms with van der Waals surface area (Å²) in [5.41, 5.74) is 6.71. The second-order valence-electron chi connectivity index (χ2n) is 4.57. The van der Waals surface area contributed by atoms with E-state index in [9.17, 15) is 4.39 Å². The van der Waals surface area contributed by atoms with Crippen LogP contribution in [0, 0.1) is 17.1 Å². The molecule has 0 bridgehead atoms. The molecule has 0 amide bonds. The van der Waals surface area contributed by atoms with Crippen molar-refractivity contribution in [1.82, 2.24) is 4.90 Å². The molecule has 2 rings (SSSR count). The molecular formula is C14H18FN3O. The average Bonchev–Trinajstić information content (AvgIpc) is 2.47. The van der Waals surface area contributed by atoms with E-state index in [-0.39, 0.29) is 17.7 Å². The van der Waals surface area contributed by atoms with Crippen molar-refractivity contribution in [2.45, 2.75) is 19.1 Å². The molecule has 1 heterocycles. The summed E-state index contributed by atoms with van der Waals surface area (Å²) in [6, 6.07) is 6.50.